The zero-order valence-corrected chi connectivity index (χ0v) is 22.9. The van der Waals surface area contributed by atoms with Crippen molar-refractivity contribution in [2.75, 3.05) is 44.0 Å². The van der Waals surface area contributed by atoms with Crippen molar-refractivity contribution in [2.24, 2.45) is 0 Å². The van der Waals surface area contributed by atoms with Crippen molar-refractivity contribution in [1.82, 2.24) is 4.31 Å². The lowest BCUT2D eigenvalue weighted by molar-refractivity contribution is 0.102. The second kappa shape index (κ2) is 11.0. The molecule has 1 aliphatic heterocycles. The van der Waals surface area contributed by atoms with Crippen LogP contribution in [0.1, 0.15) is 23.2 Å². The van der Waals surface area contributed by atoms with Crippen molar-refractivity contribution in [3.05, 3.63) is 72.3 Å². The van der Waals surface area contributed by atoms with Gasteiger partial charge in [0, 0.05) is 37.5 Å². The van der Waals surface area contributed by atoms with Gasteiger partial charge in [-0.15, -0.1) is 0 Å². The fourth-order valence-corrected chi connectivity index (χ4v) is 6.82. The Morgan fingerprint density at radius 3 is 1.97 bits per heavy atom. The summed E-state index contributed by atoms with van der Waals surface area (Å²) in [5.41, 5.74) is 1.10. The fraction of sp³-hybridized carbons (Fsp3) is 0.269. The lowest BCUT2D eigenvalue weighted by atomic mass is 10.2. The van der Waals surface area contributed by atoms with Gasteiger partial charge in [0.15, 0.2) is 11.5 Å². The maximum Gasteiger partial charge on any atom is 0.264 e. The largest absolute Gasteiger partial charge is 0.493 e. The first kappa shape index (κ1) is 27.4. The first-order valence-electron chi connectivity index (χ1n) is 11.8. The summed E-state index contributed by atoms with van der Waals surface area (Å²) >= 11 is 0. The zero-order chi connectivity index (χ0) is 27.5. The molecule has 0 aromatic heterocycles. The predicted octanol–water partition coefficient (Wildman–Crippen LogP) is 3.57. The highest BCUT2D eigenvalue weighted by Gasteiger charge is 2.27. The third-order valence-corrected chi connectivity index (χ3v) is 10.0. The van der Waals surface area contributed by atoms with E-state index in [1.807, 2.05) is 0 Å². The van der Waals surface area contributed by atoms with Crippen LogP contribution < -0.4 is 19.1 Å². The molecule has 3 aromatic rings. The first-order chi connectivity index (χ1) is 18.1. The number of sulfonamides is 2. The van der Waals surface area contributed by atoms with Crippen molar-refractivity contribution < 1.29 is 31.1 Å². The van der Waals surface area contributed by atoms with E-state index in [-0.39, 0.29) is 15.5 Å². The van der Waals surface area contributed by atoms with Crippen LogP contribution in [-0.2, 0) is 20.0 Å². The minimum absolute atomic E-state index is 0.0228. The Labute approximate surface area is 222 Å². The van der Waals surface area contributed by atoms with Gasteiger partial charge in [-0.05, 0) is 73.5 Å². The van der Waals surface area contributed by atoms with Gasteiger partial charge in [0.05, 0.1) is 29.7 Å². The number of benzene rings is 3. The number of rotatable bonds is 9. The number of nitrogens with zero attached hydrogens (tertiary/aromatic N) is 2. The van der Waals surface area contributed by atoms with Crippen LogP contribution >= 0.6 is 0 Å². The van der Waals surface area contributed by atoms with E-state index >= 15 is 0 Å². The number of anilines is 2. The normalized spacial score (nSPS) is 14.2. The molecule has 1 amide bonds. The molecule has 202 valence electrons. The maximum absolute atomic E-state index is 13.1. The Kier molecular flexibility index (Phi) is 7.95. The number of hydrogen-bond donors (Lipinski definition) is 1. The Balaban J connectivity index is 1.45. The number of amides is 1. The number of hydrogen-bond acceptors (Lipinski definition) is 7. The smallest absolute Gasteiger partial charge is 0.264 e. The van der Waals surface area contributed by atoms with Crippen molar-refractivity contribution >= 4 is 37.3 Å². The number of carbonyl (C=O) groups excluding carboxylic acids is 1. The Bertz CT molecular complexity index is 1520. The van der Waals surface area contributed by atoms with E-state index in [0.29, 0.717) is 35.8 Å². The van der Waals surface area contributed by atoms with Gasteiger partial charge < -0.3 is 14.8 Å². The molecular weight excluding hydrogens is 530 g/mol. The van der Waals surface area contributed by atoms with E-state index in [1.54, 1.807) is 12.1 Å². The lowest BCUT2D eigenvalue weighted by Crippen LogP contribution is -2.27. The average Bonchev–Trinajstić information content (AvgIpc) is 3.49. The minimum Gasteiger partial charge on any atom is -0.493 e. The molecule has 1 fully saturated rings. The molecule has 0 radical (unpaired) electrons. The molecule has 0 atom stereocenters. The summed E-state index contributed by atoms with van der Waals surface area (Å²) in [7, 11) is -3.14. The molecule has 12 heteroatoms. The van der Waals surface area contributed by atoms with Crippen LogP contribution in [0.15, 0.2) is 76.5 Å². The summed E-state index contributed by atoms with van der Waals surface area (Å²) in [6, 6.07) is 16.4. The predicted molar refractivity (Wildman–Crippen MR) is 144 cm³/mol. The maximum atomic E-state index is 13.1. The van der Waals surface area contributed by atoms with Crippen molar-refractivity contribution in [3.8, 4) is 11.5 Å². The van der Waals surface area contributed by atoms with Gasteiger partial charge in [0.25, 0.3) is 15.9 Å². The Hall–Kier alpha value is -3.61. The summed E-state index contributed by atoms with van der Waals surface area (Å²) in [5, 5.41) is 2.73. The molecular formula is C26H29N3O7S2. The molecule has 0 saturated carbocycles. The summed E-state index contributed by atoms with van der Waals surface area (Å²) in [5.74, 6) is 0.278. The molecule has 1 heterocycles. The third-order valence-electron chi connectivity index (χ3n) is 6.32. The van der Waals surface area contributed by atoms with E-state index < -0.39 is 26.0 Å². The van der Waals surface area contributed by atoms with Crippen molar-refractivity contribution in [3.63, 3.8) is 0 Å². The van der Waals surface area contributed by atoms with Crippen molar-refractivity contribution in [1.29, 1.82) is 0 Å². The average molecular weight is 560 g/mol. The molecule has 1 aliphatic rings. The molecule has 38 heavy (non-hydrogen) atoms. The fourth-order valence-electron chi connectivity index (χ4n) is 4.09. The molecule has 3 aromatic carbocycles. The van der Waals surface area contributed by atoms with Crippen molar-refractivity contribution in [2.45, 2.75) is 22.6 Å². The zero-order valence-electron chi connectivity index (χ0n) is 21.2. The molecule has 0 bridgehead atoms. The second-order valence-corrected chi connectivity index (χ2v) is 12.5. The monoisotopic (exact) mass is 559 g/mol. The number of ether oxygens (including phenoxy) is 2. The molecule has 1 N–H and O–H groups in total. The summed E-state index contributed by atoms with van der Waals surface area (Å²) < 4.78 is 64.6. The van der Waals surface area contributed by atoms with E-state index in [1.165, 1.54) is 80.2 Å². The topological polar surface area (TPSA) is 122 Å². The highest BCUT2D eigenvalue weighted by molar-refractivity contribution is 7.92. The van der Waals surface area contributed by atoms with E-state index in [2.05, 4.69) is 5.32 Å². The van der Waals surface area contributed by atoms with Crippen LogP contribution in [0.4, 0.5) is 11.4 Å². The lowest BCUT2D eigenvalue weighted by Gasteiger charge is -2.20. The molecule has 1 saturated heterocycles. The molecule has 10 nitrogen and oxygen atoms in total. The summed E-state index contributed by atoms with van der Waals surface area (Å²) in [6.07, 6.45) is 1.70. The van der Waals surface area contributed by atoms with Crippen LogP contribution in [0.2, 0.25) is 0 Å². The van der Waals surface area contributed by atoms with Gasteiger partial charge >= 0.3 is 0 Å². The third kappa shape index (κ3) is 5.47. The van der Waals surface area contributed by atoms with Crippen LogP contribution in [0, 0.1) is 0 Å². The Morgan fingerprint density at radius 2 is 1.39 bits per heavy atom. The van der Waals surface area contributed by atoms with Crippen LogP contribution in [0.3, 0.4) is 0 Å². The number of carbonyl (C=O) groups is 1. The second-order valence-electron chi connectivity index (χ2n) is 8.63. The standard InChI is InChI=1S/C26H29N3O7S2/c1-28(37(31,32)23-14-15-24(35-2)25(18-23)36-3)21-10-6-19(7-11-21)26(30)27-20-8-12-22(13-9-20)38(33,34)29-16-4-5-17-29/h6-15,18H,4-5,16-17H2,1-3H3,(H,27,30). The van der Waals surface area contributed by atoms with Gasteiger partial charge in [0.2, 0.25) is 10.0 Å². The SMILES string of the molecule is COc1ccc(S(=O)(=O)N(C)c2ccc(C(=O)Nc3ccc(S(=O)(=O)N4CCCC4)cc3)cc2)cc1OC. The summed E-state index contributed by atoms with van der Waals surface area (Å²) in [4.78, 5) is 12.9. The van der Waals surface area contributed by atoms with Gasteiger partial charge in [0.1, 0.15) is 0 Å². The van der Waals surface area contributed by atoms with Gasteiger partial charge in [-0.2, -0.15) is 4.31 Å². The summed E-state index contributed by atoms with van der Waals surface area (Å²) in [6.45, 7) is 1.03. The minimum atomic E-state index is -3.91. The molecule has 0 spiro atoms. The number of methoxy groups -OCH3 is 2. The van der Waals surface area contributed by atoms with Crippen LogP contribution in [0.25, 0.3) is 0 Å². The van der Waals surface area contributed by atoms with E-state index in [4.69, 9.17) is 9.47 Å². The van der Waals surface area contributed by atoms with Gasteiger partial charge in [-0.3, -0.25) is 9.10 Å². The molecule has 4 rings (SSSR count). The van der Waals surface area contributed by atoms with Crippen LogP contribution in [0.5, 0.6) is 11.5 Å². The van der Waals surface area contributed by atoms with Gasteiger partial charge in [-0.1, -0.05) is 0 Å². The molecule has 0 unspecified atom stereocenters. The highest BCUT2D eigenvalue weighted by atomic mass is 32.2. The Morgan fingerprint density at radius 1 is 0.816 bits per heavy atom. The van der Waals surface area contributed by atoms with E-state index in [9.17, 15) is 21.6 Å². The molecule has 0 aliphatic carbocycles. The number of nitrogens with one attached hydrogen (secondary N) is 1. The highest BCUT2D eigenvalue weighted by Crippen LogP contribution is 2.32. The van der Waals surface area contributed by atoms with E-state index in [0.717, 1.165) is 17.1 Å². The first-order valence-corrected chi connectivity index (χ1v) is 14.7. The quantitative estimate of drug-likeness (QED) is 0.425. The van der Waals surface area contributed by atoms with Gasteiger partial charge in [-0.25, -0.2) is 16.8 Å². The van der Waals surface area contributed by atoms with Crippen LogP contribution in [-0.4, -0.2) is 61.4 Å².